The quantitative estimate of drug-likeness (QED) is 0.912. The van der Waals surface area contributed by atoms with E-state index in [2.05, 4.69) is 16.8 Å². The predicted molar refractivity (Wildman–Crippen MR) is 74.7 cm³/mol. The van der Waals surface area contributed by atoms with Gasteiger partial charge >= 0.3 is 5.97 Å². The van der Waals surface area contributed by atoms with Crippen LogP contribution < -0.4 is 4.90 Å². The summed E-state index contributed by atoms with van der Waals surface area (Å²) in [7, 11) is 1.78. The third-order valence-electron chi connectivity index (χ3n) is 3.99. The molecule has 5 nitrogen and oxygen atoms in total. The van der Waals surface area contributed by atoms with Crippen LogP contribution in [0.2, 0.25) is 0 Å². The van der Waals surface area contributed by atoms with E-state index in [1.165, 1.54) is 12.3 Å². The molecule has 1 aromatic rings. The third kappa shape index (κ3) is 2.90. The first-order valence-electron chi connectivity index (χ1n) is 6.87. The molecule has 0 aliphatic carbocycles. The van der Waals surface area contributed by atoms with Crippen LogP contribution >= 0.6 is 0 Å². The average Bonchev–Trinajstić information content (AvgIpc) is 2.46. The number of rotatable bonds is 4. The van der Waals surface area contributed by atoms with Crippen molar-refractivity contribution in [3.05, 3.63) is 23.6 Å². The summed E-state index contributed by atoms with van der Waals surface area (Å²) in [6.07, 6.45) is 3.21. The Kier molecular flexibility index (Phi) is 4.54. The number of carbonyl (C=O) groups is 1. The molecule has 0 unspecified atom stereocenters. The number of carboxylic acids is 1. The molecule has 0 atom stereocenters. The Hall–Kier alpha value is -1.69. The number of piperidine rings is 1. The zero-order valence-corrected chi connectivity index (χ0v) is 11.8. The third-order valence-corrected chi connectivity index (χ3v) is 3.99. The molecular weight excluding hydrogens is 261 g/mol. The van der Waals surface area contributed by atoms with Gasteiger partial charge in [0.05, 0.1) is 0 Å². The van der Waals surface area contributed by atoms with E-state index in [0.717, 1.165) is 32.5 Å². The molecule has 0 aromatic carbocycles. The highest BCUT2D eigenvalue weighted by molar-refractivity contribution is 5.88. The molecule has 0 amide bonds. The van der Waals surface area contributed by atoms with Crippen LogP contribution in [-0.4, -0.2) is 53.7 Å². The molecule has 20 heavy (non-hydrogen) atoms. The van der Waals surface area contributed by atoms with Crippen molar-refractivity contribution in [2.45, 2.75) is 25.8 Å². The van der Waals surface area contributed by atoms with E-state index in [9.17, 15) is 9.18 Å². The maximum atomic E-state index is 14.2. The molecule has 1 aliphatic heterocycles. The predicted octanol–water partition coefficient (Wildman–Crippen LogP) is 1.84. The van der Waals surface area contributed by atoms with Gasteiger partial charge in [-0.05, 0) is 25.5 Å². The second kappa shape index (κ2) is 6.17. The van der Waals surface area contributed by atoms with Crippen molar-refractivity contribution in [3.63, 3.8) is 0 Å². The Morgan fingerprint density at radius 1 is 1.55 bits per heavy atom. The fourth-order valence-electron chi connectivity index (χ4n) is 2.64. The van der Waals surface area contributed by atoms with Gasteiger partial charge in [-0.2, -0.15) is 0 Å². The average molecular weight is 281 g/mol. The summed E-state index contributed by atoms with van der Waals surface area (Å²) in [6.45, 7) is 5.11. The van der Waals surface area contributed by atoms with Gasteiger partial charge in [-0.1, -0.05) is 6.92 Å². The molecule has 2 heterocycles. The van der Waals surface area contributed by atoms with Gasteiger partial charge in [0.1, 0.15) is 5.56 Å². The van der Waals surface area contributed by atoms with Crippen molar-refractivity contribution in [2.75, 3.05) is 31.6 Å². The van der Waals surface area contributed by atoms with Crippen LogP contribution in [0, 0.1) is 5.82 Å². The van der Waals surface area contributed by atoms with E-state index in [0.29, 0.717) is 0 Å². The molecule has 6 heteroatoms. The minimum Gasteiger partial charge on any atom is -0.478 e. The summed E-state index contributed by atoms with van der Waals surface area (Å²) in [4.78, 5) is 19.1. The lowest BCUT2D eigenvalue weighted by Gasteiger charge is -2.37. The lowest BCUT2D eigenvalue weighted by Crippen LogP contribution is -2.44. The van der Waals surface area contributed by atoms with Gasteiger partial charge in [0.25, 0.3) is 0 Å². The van der Waals surface area contributed by atoms with Crippen molar-refractivity contribution >= 4 is 11.8 Å². The van der Waals surface area contributed by atoms with Crippen LogP contribution in [0.3, 0.4) is 0 Å². The number of pyridine rings is 1. The summed E-state index contributed by atoms with van der Waals surface area (Å²) < 4.78 is 14.2. The fourth-order valence-corrected chi connectivity index (χ4v) is 2.64. The van der Waals surface area contributed by atoms with E-state index in [1.807, 2.05) is 0 Å². The maximum Gasteiger partial charge on any atom is 0.338 e. The van der Waals surface area contributed by atoms with Gasteiger partial charge in [-0.25, -0.2) is 14.2 Å². The lowest BCUT2D eigenvalue weighted by molar-refractivity contribution is 0.0691. The molecule has 0 radical (unpaired) electrons. The number of aromatic nitrogens is 1. The van der Waals surface area contributed by atoms with E-state index in [-0.39, 0.29) is 17.4 Å². The largest absolute Gasteiger partial charge is 0.478 e. The molecule has 0 bridgehead atoms. The summed E-state index contributed by atoms with van der Waals surface area (Å²) in [5.41, 5.74) is -0.326. The van der Waals surface area contributed by atoms with Gasteiger partial charge < -0.3 is 14.9 Å². The van der Waals surface area contributed by atoms with Gasteiger partial charge in [-0.3, -0.25) is 0 Å². The molecule has 1 N–H and O–H groups in total. The summed E-state index contributed by atoms with van der Waals surface area (Å²) >= 11 is 0. The first-order valence-corrected chi connectivity index (χ1v) is 6.87. The molecule has 1 saturated heterocycles. The molecule has 1 aliphatic rings. The van der Waals surface area contributed by atoms with Gasteiger partial charge in [0.2, 0.25) is 0 Å². The van der Waals surface area contributed by atoms with E-state index in [1.54, 1.807) is 11.9 Å². The second-order valence-corrected chi connectivity index (χ2v) is 5.08. The molecule has 1 aromatic heterocycles. The first kappa shape index (κ1) is 14.7. The van der Waals surface area contributed by atoms with Crippen molar-refractivity contribution in [2.24, 2.45) is 0 Å². The number of hydrogen-bond acceptors (Lipinski definition) is 4. The minimum atomic E-state index is -1.26. The minimum absolute atomic E-state index is 0.125. The van der Waals surface area contributed by atoms with Crippen molar-refractivity contribution in [1.82, 2.24) is 9.88 Å². The van der Waals surface area contributed by atoms with E-state index < -0.39 is 11.8 Å². The summed E-state index contributed by atoms with van der Waals surface area (Å²) in [5.74, 6) is -1.89. The smallest absolute Gasteiger partial charge is 0.338 e. The van der Waals surface area contributed by atoms with Crippen molar-refractivity contribution in [1.29, 1.82) is 0 Å². The number of anilines is 1. The number of halogens is 1. The van der Waals surface area contributed by atoms with Gasteiger partial charge in [-0.15, -0.1) is 0 Å². The van der Waals surface area contributed by atoms with E-state index in [4.69, 9.17) is 5.11 Å². The monoisotopic (exact) mass is 281 g/mol. The summed E-state index contributed by atoms with van der Waals surface area (Å²) in [5, 5.41) is 8.96. The van der Waals surface area contributed by atoms with Crippen LogP contribution in [0.15, 0.2) is 12.3 Å². The standard InChI is InChI=1S/C14H20FN3O2/c1-3-18-8-5-10(6-9-18)17(2)13-12(15)11(14(19)20)4-7-16-13/h4,7,10H,3,5-6,8-9H2,1-2H3,(H,19,20). The van der Waals surface area contributed by atoms with Crippen LogP contribution in [0.5, 0.6) is 0 Å². The number of likely N-dealkylation sites (tertiary alicyclic amines) is 1. The van der Waals surface area contributed by atoms with Crippen molar-refractivity contribution in [3.8, 4) is 0 Å². The highest BCUT2D eigenvalue weighted by Crippen LogP contribution is 2.24. The molecule has 1 fully saturated rings. The lowest BCUT2D eigenvalue weighted by atomic mass is 10.0. The van der Waals surface area contributed by atoms with Gasteiger partial charge in [0, 0.05) is 32.4 Å². The number of hydrogen-bond donors (Lipinski definition) is 1. The topological polar surface area (TPSA) is 56.7 Å². The maximum absolute atomic E-state index is 14.2. The second-order valence-electron chi connectivity index (χ2n) is 5.08. The van der Waals surface area contributed by atoms with E-state index >= 15 is 0 Å². The highest BCUT2D eigenvalue weighted by atomic mass is 19.1. The number of nitrogens with zero attached hydrogens (tertiary/aromatic N) is 3. The zero-order chi connectivity index (χ0) is 14.7. The first-order chi connectivity index (χ1) is 9.54. The van der Waals surface area contributed by atoms with Crippen molar-refractivity contribution < 1.29 is 14.3 Å². The molecule has 2 rings (SSSR count). The fraction of sp³-hybridized carbons (Fsp3) is 0.571. The summed E-state index contributed by atoms with van der Waals surface area (Å²) in [6, 6.07) is 1.39. The Morgan fingerprint density at radius 3 is 2.75 bits per heavy atom. The number of carboxylic acid groups (broad SMARTS) is 1. The van der Waals surface area contributed by atoms with Gasteiger partial charge in [0.15, 0.2) is 11.6 Å². The van der Waals surface area contributed by atoms with Crippen LogP contribution in [-0.2, 0) is 0 Å². The molecule has 110 valence electrons. The molecule has 0 saturated carbocycles. The highest BCUT2D eigenvalue weighted by Gasteiger charge is 2.26. The molecule has 0 spiro atoms. The van der Waals surface area contributed by atoms with Crippen LogP contribution in [0.1, 0.15) is 30.1 Å². The van der Waals surface area contributed by atoms with Crippen LogP contribution in [0.25, 0.3) is 0 Å². The SMILES string of the molecule is CCN1CCC(N(C)c2nccc(C(=O)O)c2F)CC1. The Balaban J connectivity index is 2.15. The zero-order valence-electron chi connectivity index (χ0n) is 11.8. The number of aromatic carboxylic acids is 1. The normalized spacial score (nSPS) is 17.1. The molecular formula is C14H20FN3O2. The van der Waals surface area contributed by atoms with Crippen LogP contribution in [0.4, 0.5) is 10.2 Å². The Bertz CT molecular complexity index is 487. The Labute approximate surface area is 118 Å². The Morgan fingerprint density at radius 2 is 2.20 bits per heavy atom.